The van der Waals surface area contributed by atoms with Crippen LogP contribution in [0.4, 0.5) is 0 Å². The molecular weight excluding hydrogens is 645 g/mol. The topological polar surface area (TPSA) is 34.0 Å². The molecule has 0 radical (unpaired) electrons. The van der Waals surface area contributed by atoms with Gasteiger partial charge in [0.2, 0.25) is 0 Å². The van der Waals surface area contributed by atoms with Crippen LogP contribution >= 0.6 is 0 Å². The average Bonchev–Trinajstić information content (AvgIpc) is 3.57. The molecule has 0 aliphatic heterocycles. The molecule has 0 amide bonds. The summed E-state index contributed by atoms with van der Waals surface area (Å²) in [5, 5.41) is 9.48. The molecule has 0 N–H and O–H groups in total. The Morgan fingerprint density at radius 3 is 1.38 bits per heavy atom. The first-order valence-electron chi connectivity index (χ1n) is 22.8. The lowest BCUT2D eigenvalue weighted by atomic mass is 9.76. The van der Waals surface area contributed by atoms with Gasteiger partial charge in [0.1, 0.15) is 0 Å². The Morgan fingerprint density at radius 2 is 0.962 bits per heavy atom. The summed E-state index contributed by atoms with van der Waals surface area (Å²) in [4.78, 5) is 2.35. The van der Waals surface area contributed by atoms with E-state index in [2.05, 4.69) is 120 Å². The second-order valence-electron chi connectivity index (χ2n) is 17.8. The summed E-state index contributed by atoms with van der Waals surface area (Å²) in [6.45, 7) is 14.0. The number of allylic oxidation sites excluding steroid dienone is 8. The number of rotatable bonds is 36. The highest BCUT2D eigenvalue weighted by Crippen LogP contribution is 2.34. The van der Waals surface area contributed by atoms with Gasteiger partial charge in [-0.05, 0) is 123 Å². The van der Waals surface area contributed by atoms with Crippen molar-refractivity contribution in [2.24, 2.45) is 5.41 Å². The van der Waals surface area contributed by atoms with E-state index in [1.54, 1.807) is 0 Å². The Hall–Kier alpha value is -1.94. The molecule has 0 unspecified atom stereocenters. The number of hydrogen-bond acceptors (Lipinski definition) is 3. The van der Waals surface area contributed by atoms with Crippen molar-refractivity contribution in [1.82, 2.24) is 19.9 Å². The normalized spacial score (nSPS) is 13.2. The van der Waals surface area contributed by atoms with Gasteiger partial charge < -0.3 is 4.90 Å². The molecule has 0 bridgehead atoms. The molecule has 0 aliphatic rings. The molecule has 0 aromatic carbocycles. The van der Waals surface area contributed by atoms with E-state index < -0.39 is 0 Å². The number of nitrogens with zero attached hydrogens (tertiary/aromatic N) is 4. The van der Waals surface area contributed by atoms with Crippen LogP contribution in [0.15, 0.2) is 54.8 Å². The molecule has 0 fully saturated rings. The van der Waals surface area contributed by atoms with Gasteiger partial charge in [0.05, 0.1) is 11.7 Å². The van der Waals surface area contributed by atoms with Crippen LogP contribution in [-0.4, -0.2) is 39.5 Å². The molecule has 0 saturated heterocycles. The third kappa shape index (κ3) is 28.2. The largest absolute Gasteiger partial charge is 0.304 e. The minimum atomic E-state index is 0.158. The Bertz CT molecular complexity index is 1020. The fourth-order valence-electron chi connectivity index (χ4n) is 7.60. The second kappa shape index (κ2) is 32.3. The summed E-state index contributed by atoms with van der Waals surface area (Å²) in [7, 11) is 4.39. The smallest absolute Gasteiger partial charge is 0.0832 e. The summed E-state index contributed by atoms with van der Waals surface area (Å²) in [5.41, 5.74) is 1.49. The van der Waals surface area contributed by atoms with E-state index in [9.17, 15) is 0 Å². The van der Waals surface area contributed by atoms with Gasteiger partial charge in [-0.15, -0.1) is 5.10 Å². The van der Waals surface area contributed by atoms with Crippen LogP contribution < -0.4 is 0 Å². The van der Waals surface area contributed by atoms with Gasteiger partial charge in [0.25, 0.3) is 0 Å². The van der Waals surface area contributed by atoms with E-state index in [1.807, 2.05) is 0 Å². The maximum Gasteiger partial charge on any atom is 0.0832 e. The molecule has 306 valence electrons. The Balaban J connectivity index is 2.45. The molecule has 4 nitrogen and oxygen atoms in total. The van der Waals surface area contributed by atoms with Gasteiger partial charge in [-0.2, -0.15) is 0 Å². The lowest BCUT2D eigenvalue weighted by molar-refractivity contribution is 0.120. The highest BCUT2D eigenvalue weighted by Gasteiger charge is 2.31. The second-order valence-corrected chi connectivity index (χ2v) is 17.8. The first-order valence-corrected chi connectivity index (χ1v) is 22.8. The predicted octanol–water partition coefficient (Wildman–Crippen LogP) is 15.5. The van der Waals surface area contributed by atoms with Crippen LogP contribution in [0.25, 0.3) is 0 Å². The molecule has 53 heavy (non-hydrogen) atoms. The van der Waals surface area contributed by atoms with Crippen LogP contribution in [-0.2, 0) is 6.42 Å². The van der Waals surface area contributed by atoms with Gasteiger partial charge in [-0.1, -0.05) is 171 Å². The van der Waals surface area contributed by atoms with Gasteiger partial charge in [-0.3, -0.25) is 0 Å². The molecule has 1 aromatic heterocycles. The number of aromatic nitrogens is 3. The van der Waals surface area contributed by atoms with E-state index in [-0.39, 0.29) is 11.0 Å². The summed E-state index contributed by atoms with van der Waals surface area (Å²) in [6, 6.07) is 0.481. The van der Waals surface area contributed by atoms with E-state index in [0.29, 0.717) is 6.04 Å². The molecule has 0 spiro atoms. The molecule has 0 saturated carbocycles. The molecule has 1 rings (SSSR count). The van der Waals surface area contributed by atoms with E-state index >= 15 is 0 Å². The first-order chi connectivity index (χ1) is 25.6. The van der Waals surface area contributed by atoms with Crippen molar-refractivity contribution in [3.05, 3.63) is 60.5 Å². The monoisotopic (exact) mass is 735 g/mol. The predicted molar refractivity (Wildman–Crippen MR) is 237 cm³/mol. The zero-order valence-corrected chi connectivity index (χ0v) is 36.9. The highest BCUT2D eigenvalue weighted by atomic mass is 15.4. The Labute approximate surface area is 331 Å². The quantitative estimate of drug-likeness (QED) is 0.0508. The summed E-state index contributed by atoms with van der Waals surface area (Å²) >= 11 is 0. The molecular formula is C49H90N4. The number of hydrogen-bond donors (Lipinski definition) is 0. The molecule has 1 heterocycles. The third-order valence-electron chi connectivity index (χ3n) is 11.2. The van der Waals surface area contributed by atoms with Gasteiger partial charge in [0, 0.05) is 11.7 Å². The van der Waals surface area contributed by atoms with Crippen molar-refractivity contribution >= 4 is 0 Å². The van der Waals surface area contributed by atoms with Crippen molar-refractivity contribution in [3.63, 3.8) is 0 Å². The fourth-order valence-corrected chi connectivity index (χ4v) is 7.60. The minimum absolute atomic E-state index is 0.158. The van der Waals surface area contributed by atoms with Crippen LogP contribution in [0.3, 0.4) is 0 Å². The molecule has 1 aromatic rings. The standard InChI is InChI=1S/C49H90N4/c1-9-11-13-15-17-19-21-23-25-27-29-31-33-35-37-39-41-47(53-44-46(50-51-53)43-48(3,4)45-49(5,6)52(7)8)42-40-38-36-34-32-30-28-26-24-22-20-18-16-14-12-10-2/h17-20,23-26,44,47H,9-16,21-22,27-43,45H2,1-8H3/b19-17-,20-18-,25-23-,26-24-. The van der Waals surface area contributed by atoms with Crippen molar-refractivity contribution in [2.45, 2.75) is 233 Å². The van der Waals surface area contributed by atoms with Crippen molar-refractivity contribution in [1.29, 1.82) is 0 Å². The maximum atomic E-state index is 4.75. The molecule has 4 heteroatoms. The van der Waals surface area contributed by atoms with E-state index in [0.717, 1.165) is 31.4 Å². The van der Waals surface area contributed by atoms with Gasteiger partial charge >= 0.3 is 0 Å². The molecule has 0 aliphatic carbocycles. The van der Waals surface area contributed by atoms with Gasteiger partial charge in [0.15, 0.2) is 0 Å². The highest BCUT2D eigenvalue weighted by molar-refractivity contribution is 5.00. The third-order valence-corrected chi connectivity index (χ3v) is 11.2. The van der Waals surface area contributed by atoms with Crippen molar-refractivity contribution in [3.8, 4) is 0 Å². The minimum Gasteiger partial charge on any atom is -0.304 e. The van der Waals surface area contributed by atoms with E-state index in [1.165, 1.54) is 154 Å². The number of unbranched alkanes of at least 4 members (excludes halogenated alkanes) is 18. The zero-order valence-electron chi connectivity index (χ0n) is 36.9. The van der Waals surface area contributed by atoms with E-state index in [4.69, 9.17) is 10.3 Å². The van der Waals surface area contributed by atoms with Crippen molar-refractivity contribution < 1.29 is 0 Å². The summed E-state index contributed by atoms with van der Waals surface area (Å²) in [6.07, 6.45) is 57.0. The van der Waals surface area contributed by atoms with Crippen molar-refractivity contribution in [2.75, 3.05) is 14.1 Å². The zero-order chi connectivity index (χ0) is 38.9. The SMILES string of the molecule is CCCCC/C=C\C/C=C\CCCCCCCCC(CCCCCCCC/C=C\C/C=C\CCCCC)n1cc(CC(C)(C)CC(C)(C)N(C)C)nn1. The molecule has 0 atom stereocenters. The lowest BCUT2D eigenvalue weighted by Gasteiger charge is -2.39. The Morgan fingerprint density at radius 1 is 0.566 bits per heavy atom. The Kier molecular flexibility index (Phi) is 29.9. The average molecular weight is 735 g/mol. The summed E-state index contributed by atoms with van der Waals surface area (Å²) in [5.74, 6) is 0. The fraction of sp³-hybridized carbons (Fsp3) is 0.796. The van der Waals surface area contributed by atoms with Crippen LogP contribution in [0, 0.1) is 5.41 Å². The van der Waals surface area contributed by atoms with Crippen LogP contribution in [0.5, 0.6) is 0 Å². The lowest BCUT2D eigenvalue weighted by Crippen LogP contribution is -2.42. The summed E-state index contributed by atoms with van der Waals surface area (Å²) < 4.78 is 2.25. The van der Waals surface area contributed by atoms with Gasteiger partial charge in [-0.25, -0.2) is 4.68 Å². The van der Waals surface area contributed by atoms with Crippen LogP contribution in [0.1, 0.15) is 227 Å². The maximum absolute atomic E-state index is 4.75. The first kappa shape index (κ1) is 49.1. The van der Waals surface area contributed by atoms with Crippen LogP contribution in [0.2, 0.25) is 0 Å².